The Morgan fingerprint density at radius 1 is 1.67 bits per heavy atom. The second kappa shape index (κ2) is 1.28. The lowest BCUT2D eigenvalue weighted by molar-refractivity contribution is 0.474. The molecule has 0 bridgehead atoms. The molecule has 0 aliphatic rings. The molecule has 0 saturated carbocycles. The lowest BCUT2D eigenvalue weighted by atomic mass is 10.5. The fourth-order valence-corrected chi connectivity index (χ4v) is 0.808. The van der Waals surface area contributed by atoms with E-state index in [-0.39, 0.29) is 5.75 Å². The van der Waals surface area contributed by atoms with Crippen LogP contribution >= 0.6 is 0 Å². The van der Waals surface area contributed by atoms with Crippen molar-refractivity contribution < 1.29 is 5.11 Å². The van der Waals surface area contributed by atoms with Crippen molar-refractivity contribution in [2.24, 2.45) is 0 Å². The minimum Gasteiger partial charge on any atom is -0.506 e. The predicted molar refractivity (Wildman–Crippen MR) is 31.2 cm³/mol. The number of nitrogens with one attached hydrogen (secondary N) is 1. The summed E-state index contributed by atoms with van der Waals surface area (Å²) in [6.45, 7) is 0. The summed E-state index contributed by atoms with van der Waals surface area (Å²) in [5, 5.41) is 15.3. The van der Waals surface area contributed by atoms with Gasteiger partial charge in [0.1, 0.15) is 5.75 Å². The monoisotopic (exact) mass is 123 g/mol. The van der Waals surface area contributed by atoms with Crippen LogP contribution in [0.25, 0.3) is 5.52 Å². The van der Waals surface area contributed by atoms with Crippen molar-refractivity contribution in [1.29, 1.82) is 0 Å². The van der Waals surface area contributed by atoms with E-state index in [0.717, 1.165) is 5.52 Å². The lowest BCUT2D eigenvalue weighted by Crippen LogP contribution is -1.77. The molecule has 2 aromatic rings. The molecular formula is C5H5N3O. The fraction of sp³-hybridized carbons (Fsp3) is 0. The molecule has 4 heteroatoms. The van der Waals surface area contributed by atoms with E-state index in [2.05, 4.69) is 10.3 Å². The number of rotatable bonds is 0. The summed E-state index contributed by atoms with van der Waals surface area (Å²) in [6.07, 6.45) is 3.20. The third-order valence-electron chi connectivity index (χ3n) is 1.20. The van der Waals surface area contributed by atoms with Gasteiger partial charge in [-0.1, -0.05) is 0 Å². The molecule has 0 amide bonds. The van der Waals surface area contributed by atoms with Crippen LogP contribution in [-0.2, 0) is 0 Å². The number of hydrogen-bond acceptors (Lipinski definition) is 2. The zero-order chi connectivity index (χ0) is 6.27. The van der Waals surface area contributed by atoms with Crippen LogP contribution in [0.4, 0.5) is 0 Å². The van der Waals surface area contributed by atoms with Crippen molar-refractivity contribution >= 4 is 5.52 Å². The quantitative estimate of drug-likeness (QED) is 0.531. The van der Waals surface area contributed by atoms with Gasteiger partial charge in [-0.2, -0.15) is 5.10 Å². The summed E-state index contributed by atoms with van der Waals surface area (Å²) in [5.41, 5.74) is 0.868. The van der Waals surface area contributed by atoms with Crippen molar-refractivity contribution in [3.8, 4) is 5.75 Å². The van der Waals surface area contributed by atoms with Crippen molar-refractivity contribution in [3.63, 3.8) is 0 Å². The normalized spacial score (nSPS) is 10.7. The van der Waals surface area contributed by atoms with Crippen LogP contribution in [-0.4, -0.2) is 19.9 Å². The standard InChI is InChI=1S/C5H5N3O/c9-5-1-4-2-6-7-8(4)3-5/h1-3,7,9H. The Labute approximate surface area is 50.7 Å². The SMILES string of the molecule is Oc1cc2cn[nH]n2c1. The molecule has 4 nitrogen and oxygen atoms in total. The third kappa shape index (κ3) is 0.495. The average molecular weight is 123 g/mol. The molecule has 2 aromatic heterocycles. The molecular weight excluding hydrogens is 118 g/mol. The Balaban J connectivity index is 2.92. The summed E-state index contributed by atoms with van der Waals surface area (Å²) in [7, 11) is 0. The second-order valence-corrected chi connectivity index (χ2v) is 1.85. The van der Waals surface area contributed by atoms with Gasteiger partial charge in [0.25, 0.3) is 0 Å². The molecule has 0 fully saturated rings. The van der Waals surface area contributed by atoms with Crippen LogP contribution in [0.5, 0.6) is 5.75 Å². The molecule has 2 N–H and O–H groups in total. The second-order valence-electron chi connectivity index (χ2n) is 1.85. The van der Waals surface area contributed by atoms with Crippen molar-refractivity contribution in [2.45, 2.75) is 0 Å². The molecule has 0 spiro atoms. The van der Waals surface area contributed by atoms with E-state index < -0.39 is 0 Å². The number of fused-ring (bicyclic) bond motifs is 1. The highest BCUT2D eigenvalue weighted by atomic mass is 16.3. The van der Waals surface area contributed by atoms with E-state index in [1.54, 1.807) is 23.0 Å². The molecule has 0 aliphatic heterocycles. The molecule has 9 heavy (non-hydrogen) atoms. The Morgan fingerprint density at radius 3 is 3.33 bits per heavy atom. The van der Waals surface area contributed by atoms with E-state index in [4.69, 9.17) is 5.11 Å². The number of aromatic nitrogens is 3. The van der Waals surface area contributed by atoms with Crippen LogP contribution in [0, 0.1) is 0 Å². The lowest BCUT2D eigenvalue weighted by Gasteiger charge is -1.75. The Kier molecular flexibility index (Phi) is 0.631. The van der Waals surface area contributed by atoms with Gasteiger partial charge in [0.2, 0.25) is 0 Å². The summed E-state index contributed by atoms with van der Waals surface area (Å²) in [6, 6.07) is 1.63. The van der Waals surface area contributed by atoms with Gasteiger partial charge in [0, 0.05) is 6.07 Å². The predicted octanol–water partition coefficient (Wildman–Crippen LogP) is 0.368. The van der Waals surface area contributed by atoms with Crippen LogP contribution in [0.1, 0.15) is 0 Å². The average Bonchev–Trinajstić information content (AvgIpc) is 2.22. The van der Waals surface area contributed by atoms with E-state index >= 15 is 0 Å². The number of aromatic amines is 1. The number of hydrogen-bond donors (Lipinski definition) is 2. The minimum absolute atomic E-state index is 0.253. The van der Waals surface area contributed by atoms with Crippen molar-refractivity contribution in [3.05, 3.63) is 18.5 Å². The number of nitrogens with zero attached hydrogens (tertiary/aromatic N) is 2. The summed E-state index contributed by atoms with van der Waals surface area (Å²) in [5.74, 6) is 0.253. The van der Waals surface area contributed by atoms with E-state index in [9.17, 15) is 0 Å². The minimum atomic E-state index is 0.253. The summed E-state index contributed by atoms with van der Waals surface area (Å²) >= 11 is 0. The fourth-order valence-electron chi connectivity index (χ4n) is 0.808. The van der Waals surface area contributed by atoms with E-state index in [0.29, 0.717) is 0 Å². The molecule has 0 unspecified atom stereocenters. The van der Waals surface area contributed by atoms with Gasteiger partial charge in [0.05, 0.1) is 17.9 Å². The van der Waals surface area contributed by atoms with Gasteiger partial charge in [-0.05, 0) is 0 Å². The highest BCUT2D eigenvalue weighted by Gasteiger charge is 1.95. The zero-order valence-electron chi connectivity index (χ0n) is 4.57. The first-order valence-corrected chi connectivity index (χ1v) is 2.57. The zero-order valence-corrected chi connectivity index (χ0v) is 4.57. The molecule has 0 saturated heterocycles. The third-order valence-corrected chi connectivity index (χ3v) is 1.20. The number of aromatic hydroxyl groups is 1. The first-order valence-electron chi connectivity index (χ1n) is 2.57. The molecule has 46 valence electrons. The van der Waals surface area contributed by atoms with Gasteiger partial charge in [-0.3, -0.25) is 0 Å². The first kappa shape index (κ1) is 4.43. The largest absolute Gasteiger partial charge is 0.506 e. The van der Waals surface area contributed by atoms with Gasteiger partial charge >= 0.3 is 0 Å². The maximum absolute atomic E-state index is 8.88. The first-order chi connectivity index (χ1) is 4.36. The molecule has 2 rings (SSSR count). The maximum atomic E-state index is 8.88. The van der Waals surface area contributed by atoms with E-state index in [1.165, 1.54) is 0 Å². The molecule has 0 atom stereocenters. The maximum Gasteiger partial charge on any atom is 0.136 e. The number of H-pyrrole nitrogens is 1. The molecule has 0 aromatic carbocycles. The van der Waals surface area contributed by atoms with Gasteiger partial charge in [0.15, 0.2) is 0 Å². The topological polar surface area (TPSA) is 53.3 Å². The summed E-state index contributed by atoms with van der Waals surface area (Å²) < 4.78 is 1.63. The van der Waals surface area contributed by atoms with Crippen molar-refractivity contribution in [2.75, 3.05) is 0 Å². The van der Waals surface area contributed by atoms with Crippen LogP contribution in [0.15, 0.2) is 18.5 Å². The highest BCUT2D eigenvalue weighted by Crippen LogP contribution is 2.11. The molecule has 0 radical (unpaired) electrons. The molecule has 2 heterocycles. The Bertz CT molecular complexity index is 293. The Hall–Kier alpha value is -1.45. The van der Waals surface area contributed by atoms with E-state index in [1.807, 2.05) is 0 Å². The van der Waals surface area contributed by atoms with Crippen LogP contribution in [0.2, 0.25) is 0 Å². The highest BCUT2D eigenvalue weighted by molar-refractivity contribution is 5.49. The van der Waals surface area contributed by atoms with Gasteiger partial charge in [-0.15, -0.1) is 0 Å². The van der Waals surface area contributed by atoms with Crippen LogP contribution < -0.4 is 0 Å². The summed E-state index contributed by atoms with van der Waals surface area (Å²) in [4.78, 5) is 0. The smallest absolute Gasteiger partial charge is 0.136 e. The van der Waals surface area contributed by atoms with Gasteiger partial charge in [-0.25, -0.2) is 9.73 Å². The Morgan fingerprint density at radius 2 is 2.56 bits per heavy atom. The van der Waals surface area contributed by atoms with Crippen LogP contribution in [0.3, 0.4) is 0 Å². The van der Waals surface area contributed by atoms with Crippen molar-refractivity contribution in [1.82, 2.24) is 14.8 Å². The van der Waals surface area contributed by atoms with Gasteiger partial charge < -0.3 is 5.11 Å². The molecule has 0 aliphatic carbocycles.